The van der Waals surface area contributed by atoms with Gasteiger partial charge in [0, 0.05) is 12.6 Å². The van der Waals surface area contributed by atoms with Gasteiger partial charge in [-0.3, -0.25) is 0 Å². The van der Waals surface area contributed by atoms with Gasteiger partial charge >= 0.3 is 0 Å². The van der Waals surface area contributed by atoms with Crippen molar-refractivity contribution in [1.29, 1.82) is 0 Å². The topological polar surface area (TPSA) is 30.5 Å². The number of halogens is 2. The van der Waals surface area contributed by atoms with Crippen molar-refractivity contribution in [2.24, 2.45) is 0 Å². The predicted octanol–water partition coefficient (Wildman–Crippen LogP) is 6.27. The summed E-state index contributed by atoms with van der Waals surface area (Å²) in [4.78, 5) is 0. The smallest absolute Gasteiger partial charge is 0.180 e. The first-order chi connectivity index (χ1) is 13.7. The lowest BCUT2D eigenvalue weighted by molar-refractivity contribution is 0.284. The van der Waals surface area contributed by atoms with Crippen LogP contribution in [0.25, 0.3) is 0 Å². The lowest BCUT2D eigenvalue weighted by Gasteiger charge is -2.21. The maximum Gasteiger partial charge on any atom is 0.180 e. The summed E-state index contributed by atoms with van der Waals surface area (Å²) < 4.78 is 24.4. The molecule has 1 fully saturated rings. The van der Waals surface area contributed by atoms with Gasteiger partial charge in [0.1, 0.15) is 12.4 Å². The lowest BCUT2D eigenvalue weighted by atomic mass is 9.96. The Morgan fingerprint density at radius 1 is 1.00 bits per heavy atom. The van der Waals surface area contributed by atoms with Gasteiger partial charge in [0.15, 0.2) is 11.5 Å². The van der Waals surface area contributed by atoms with Crippen LogP contribution in [0.15, 0.2) is 36.4 Å². The van der Waals surface area contributed by atoms with Gasteiger partial charge in [0.25, 0.3) is 0 Å². The second-order valence-corrected chi connectivity index (χ2v) is 7.85. The van der Waals surface area contributed by atoms with Gasteiger partial charge in [-0.1, -0.05) is 55.8 Å². The molecule has 0 atom stereocenters. The van der Waals surface area contributed by atoms with Gasteiger partial charge in [-0.2, -0.15) is 0 Å². The van der Waals surface area contributed by atoms with Crippen molar-refractivity contribution >= 4 is 11.6 Å². The zero-order chi connectivity index (χ0) is 19.8. The second kappa shape index (κ2) is 10.7. The molecule has 0 bridgehead atoms. The molecule has 0 aliphatic heterocycles. The molecule has 0 amide bonds. The van der Waals surface area contributed by atoms with Crippen molar-refractivity contribution in [3.8, 4) is 11.5 Å². The van der Waals surface area contributed by atoms with Crippen LogP contribution in [0, 0.1) is 5.82 Å². The average Bonchev–Trinajstić information content (AvgIpc) is 2.67. The highest BCUT2D eigenvalue weighted by Crippen LogP contribution is 2.37. The molecule has 1 saturated carbocycles. The van der Waals surface area contributed by atoms with Crippen LogP contribution in [0.4, 0.5) is 4.39 Å². The van der Waals surface area contributed by atoms with Crippen molar-refractivity contribution in [3.63, 3.8) is 0 Å². The molecule has 3 nitrogen and oxygen atoms in total. The van der Waals surface area contributed by atoms with Crippen LogP contribution in [0.5, 0.6) is 11.5 Å². The molecule has 3 rings (SSSR count). The van der Waals surface area contributed by atoms with Crippen LogP contribution in [-0.4, -0.2) is 13.2 Å². The van der Waals surface area contributed by atoms with E-state index in [9.17, 15) is 4.39 Å². The highest BCUT2D eigenvalue weighted by molar-refractivity contribution is 6.32. The maximum absolute atomic E-state index is 13.0. The van der Waals surface area contributed by atoms with Crippen molar-refractivity contribution in [3.05, 3.63) is 58.4 Å². The molecule has 0 aromatic heterocycles. The Bertz CT molecular complexity index is 743. The fraction of sp³-hybridized carbons (Fsp3) is 0.478. The molecule has 1 aliphatic carbocycles. The first kappa shape index (κ1) is 20.9. The van der Waals surface area contributed by atoms with E-state index in [1.54, 1.807) is 19.2 Å². The highest BCUT2D eigenvalue weighted by atomic mass is 35.5. The third-order valence-corrected chi connectivity index (χ3v) is 5.57. The largest absolute Gasteiger partial charge is 0.493 e. The molecule has 28 heavy (non-hydrogen) atoms. The minimum absolute atomic E-state index is 0.263. The van der Waals surface area contributed by atoms with E-state index in [2.05, 4.69) is 5.32 Å². The summed E-state index contributed by atoms with van der Waals surface area (Å²) in [5, 5.41) is 4.20. The van der Waals surface area contributed by atoms with Crippen LogP contribution < -0.4 is 14.8 Å². The monoisotopic (exact) mass is 405 g/mol. The second-order valence-electron chi connectivity index (χ2n) is 7.45. The van der Waals surface area contributed by atoms with Crippen molar-refractivity contribution in [2.75, 3.05) is 7.11 Å². The zero-order valence-corrected chi connectivity index (χ0v) is 17.2. The Labute approximate surface area is 172 Å². The maximum atomic E-state index is 13.0. The normalized spacial score (nSPS) is 15.7. The Balaban J connectivity index is 1.62. The number of nitrogens with one attached hydrogen (secondary N) is 1. The molecule has 0 heterocycles. The quantitative estimate of drug-likeness (QED) is 0.588. The fourth-order valence-corrected chi connectivity index (χ4v) is 3.96. The third kappa shape index (κ3) is 6.11. The molecule has 152 valence electrons. The molecule has 2 aromatic rings. The van der Waals surface area contributed by atoms with E-state index in [4.69, 9.17) is 21.1 Å². The number of hydrogen-bond donors (Lipinski definition) is 1. The fourth-order valence-electron chi connectivity index (χ4n) is 3.67. The first-order valence-corrected chi connectivity index (χ1v) is 10.5. The number of ether oxygens (including phenoxy) is 2. The molecular formula is C23H29ClFNO2. The van der Waals surface area contributed by atoms with E-state index >= 15 is 0 Å². The summed E-state index contributed by atoms with van der Waals surface area (Å²) >= 11 is 6.48. The van der Waals surface area contributed by atoms with E-state index in [0.29, 0.717) is 29.2 Å². The summed E-state index contributed by atoms with van der Waals surface area (Å²) in [5.74, 6) is 0.868. The lowest BCUT2D eigenvalue weighted by Crippen LogP contribution is -2.29. The van der Waals surface area contributed by atoms with Gasteiger partial charge in [-0.25, -0.2) is 4.39 Å². The molecule has 2 aromatic carbocycles. The minimum atomic E-state index is -0.263. The van der Waals surface area contributed by atoms with E-state index in [1.165, 1.54) is 57.1 Å². The van der Waals surface area contributed by atoms with Crippen molar-refractivity contribution < 1.29 is 13.9 Å². The molecule has 0 spiro atoms. The Hall–Kier alpha value is -1.78. The number of rotatable bonds is 7. The number of hydrogen-bond acceptors (Lipinski definition) is 3. The van der Waals surface area contributed by atoms with Gasteiger partial charge in [-0.05, 0) is 48.2 Å². The van der Waals surface area contributed by atoms with Gasteiger partial charge in [-0.15, -0.1) is 0 Å². The average molecular weight is 406 g/mol. The van der Waals surface area contributed by atoms with Crippen LogP contribution in [-0.2, 0) is 13.2 Å². The number of benzene rings is 2. The SMILES string of the molecule is COc1cc(CNC2CCCCCCC2)cc(Cl)c1OCc1ccc(F)cc1. The summed E-state index contributed by atoms with van der Waals surface area (Å²) in [6.07, 6.45) is 9.15. The third-order valence-electron chi connectivity index (χ3n) is 5.29. The molecule has 1 N–H and O–H groups in total. The van der Waals surface area contributed by atoms with Crippen molar-refractivity contribution in [1.82, 2.24) is 5.32 Å². The molecular weight excluding hydrogens is 377 g/mol. The standard InChI is InChI=1S/C23H29ClFNO2/c1-27-22-14-18(15-26-20-7-5-3-2-4-6-8-20)13-21(24)23(22)28-16-17-9-11-19(25)12-10-17/h9-14,20,26H,2-8,15-16H2,1H3. The molecule has 0 radical (unpaired) electrons. The Morgan fingerprint density at radius 3 is 2.36 bits per heavy atom. The number of methoxy groups -OCH3 is 1. The van der Waals surface area contributed by atoms with Crippen LogP contribution >= 0.6 is 11.6 Å². The summed E-state index contributed by atoms with van der Waals surface area (Å²) in [5.41, 5.74) is 1.95. The van der Waals surface area contributed by atoms with Gasteiger partial charge < -0.3 is 14.8 Å². The summed E-state index contributed by atoms with van der Waals surface area (Å²) in [6, 6.07) is 10.7. The molecule has 0 saturated heterocycles. The van der Waals surface area contributed by atoms with Crippen LogP contribution in [0.1, 0.15) is 56.1 Å². The van der Waals surface area contributed by atoms with E-state index in [1.807, 2.05) is 12.1 Å². The highest BCUT2D eigenvalue weighted by Gasteiger charge is 2.15. The van der Waals surface area contributed by atoms with E-state index in [-0.39, 0.29) is 5.82 Å². The minimum Gasteiger partial charge on any atom is -0.493 e. The van der Waals surface area contributed by atoms with E-state index in [0.717, 1.165) is 17.7 Å². The van der Waals surface area contributed by atoms with Gasteiger partial charge in [0.2, 0.25) is 0 Å². The van der Waals surface area contributed by atoms with Crippen LogP contribution in [0.3, 0.4) is 0 Å². The van der Waals surface area contributed by atoms with Crippen molar-refractivity contribution in [2.45, 2.75) is 64.1 Å². The molecule has 0 unspecified atom stereocenters. The molecule has 1 aliphatic rings. The Kier molecular flexibility index (Phi) is 7.99. The molecule has 5 heteroatoms. The first-order valence-electron chi connectivity index (χ1n) is 10.1. The van der Waals surface area contributed by atoms with Gasteiger partial charge in [0.05, 0.1) is 12.1 Å². The predicted molar refractivity (Wildman–Crippen MR) is 112 cm³/mol. The summed E-state index contributed by atoms with van der Waals surface area (Å²) in [6.45, 7) is 1.06. The zero-order valence-electron chi connectivity index (χ0n) is 16.5. The van der Waals surface area contributed by atoms with Crippen LogP contribution in [0.2, 0.25) is 5.02 Å². The Morgan fingerprint density at radius 2 is 1.68 bits per heavy atom. The summed E-state index contributed by atoms with van der Waals surface area (Å²) in [7, 11) is 1.61. The van der Waals surface area contributed by atoms with E-state index < -0.39 is 0 Å².